The van der Waals surface area contributed by atoms with Crippen LogP contribution in [0.2, 0.25) is 0 Å². The van der Waals surface area contributed by atoms with E-state index in [2.05, 4.69) is 4.90 Å². The van der Waals surface area contributed by atoms with Crippen LogP contribution in [0.4, 0.5) is 4.39 Å². The van der Waals surface area contributed by atoms with Crippen LogP contribution in [0.1, 0.15) is 75.9 Å². The summed E-state index contributed by atoms with van der Waals surface area (Å²) in [4.78, 5) is 15.1. The highest BCUT2D eigenvalue weighted by atomic mass is 19.1. The summed E-state index contributed by atoms with van der Waals surface area (Å²) in [5.41, 5.74) is 2.45. The molecule has 1 aliphatic rings. The molecule has 2 aromatic carbocycles. The first kappa shape index (κ1) is 28.8. The van der Waals surface area contributed by atoms with Crippen LogP contribution < -0.4 is 0 Å². The van der Waals surface area contributed by atoms with E-state index in [4.69, 9.17) is 0 Å². The number of phenols is 1. The number of halogens is 1. The number of benzene rings is 2. The first-order chi connectivity index (χ1) is 15.0. The topological polar surface area (TPSA) is 40.5 Å². The molecule has 0 aliphatic carbocycles. The van der Waals surface area contributed by atoms with E-state index in [1.807, 2.05) is 53.7 Å². The molecule has 3 nitrogen and oxygen atoms in total. The fourth-order valence-electron chi connectivity index (χ4n) is 3.47. The number of likely N-dealkylation sites (tertiary alicyclic amines) is 1. The van der Waals surface area contributed by atoms with Crippen molar-refractivity contribution in [1.29, 1.82) is 0 Å². The van der Waals surface area contributed by atoms with Crippen LogP contribution in [0, 0.1) is 18.7 Å². The fourth-order valence-corrected chi connectivity index (χ4v) is 3.47. The summed E-state index contributed by atoms with van der Waals surface area (Å²) in [5, 5.41) is 9.80. The lowest BCUT2D eigenvalue weighted by atomic mass is 9.87. The first-order valence-electron chi connectivity index (χ1n) is 11.8. The minimum absolute atomic E-state index is 0.0302. The van der Waals surface area contributed by atoms with Gasteiger partial charge in [0.15, 0.2) is 5.78 Å². The van der Waals surface area contributed by atoms with E-state index in [-0.39, 0.29) is 23.3 Å². The third kappa shape index (κ3) is 9.22. The average Bonchev–Trinajstić information content (AvgIpc) is 2.84. The zero-order valence-corrected chi connectivity index (χ0v) is 20.5. The number of hydrogen-bond acceptors (Lipinski definition) is 3. The van der Waals surface area contributed by atoms with Crippen LogP contribution in [-0.2, 0) is 6.42 Å². The number of Topliss-reactive ketones (excluding diaryl/α,β-unsaturated/α-hetero) is 1. The van der Waals surface area contributed by atoms with Crippen molar-refractivity contribution in [2.45, 2.75) is 67.7 Å². The van der Waals surface area contributed by atoms with Crippen LogP contribution in [0.3, 0.4) is 0 Å². The summed E-state index contributed by atoms with van der Waals surface area (Å²) < 4.78 is 12.9. The highest BCUT2D eigenvalue weighted by Crippen LogP contribution is 2.27. The Hall–Kier alpha value is -2.20. The second-order valence-corrected chi connectivity index (χ2v) is 6.81. The number of nitrogens with zero attached hydrogens (tertiary/aromatic N) is 1. The summed E-state index contributed by atoms with van der Waals surface area (Å²) in [6, 6.07) is 11.8. The Balaban J connectivity index is 0.00000138. The molecule has 1 fully saturated rings. The minimum Gasteiger partial charge on any atom is -0.508 e. The number of carbonyl (C=O) groups is 1. The van der Waals surface area contributed by atoms with Gasteiger partial charge in [0.2, 0.25) is 0 Å². The summed E-state index contributed by atoms with van der Waals surface area (Å²) in [7, 11) is 0. The Morgan fingerprint density at radius 3 is 2.06 bits per heavy atom. The van der Waals surface area contributed by atoms with Gasteiger partial charge in [-0.3, -0.25) is 4.79 Å². The first-order valence-corrected chi connectivity index (χ1v) is 11.8. The normalized spacial score (nSPS) is 13.5. The van der Waals surface area contributed by atoms with E-state index in [1.54, 1.807) is 25.1 Å². The molecule has 0 unspecified atom stereocenters. The average molecular weight is 432 g/mol. The molecule has 0 atom stereocenters. The van der Waals surface area contributed by atoms with Crippen molar-refractivity contribution in [1.82, 2.24) is 4.90 Å². The van der Waals surface area contributed by atoms with Crippen molar-refractivity contribution >= 4 is 5.78 Å². The molecule has 1 N–H and O–H groups in total. The lowest BCUT2D eigenvalue weighted by Crippen LogP contribution is -2.37. The van der Waals surface area contributed by atoms with E-state index in [0.717, 1.165) is 44.5 Å². The van der Waals surface area contributed by atoms with Crippen LogP contribution in [0.15, 0.2) is 42.5 Å². The summed E-state index contributed by atoms with van der Waals surface area (Å²) >= 11 is 0. The minimum atomic E-state index is -0.203. The van der Waals surface area contributed by atoms with Gasteiger partial charge >= 0.3 is 0 Å². The molecule has 4 heteroatoms. The highest BCUT2D eigenvalue weighted by molar-refractivity contribution is 5.99. The van der Waals surface area contributed by atoms with Gasteiger partial charge < -0.3 is 10.0 Å². The van der Waals surface area contributed by atoms with Crippen molar-refractivity contribution < 1.29 is 14.3 Å². The van der Waals surface area contributed by atoms with Gasteiger partial charge in [0.05, 0.1) is 0 Å². The van der Waals surface area contributed by atoms with Crippen LogP contribution in [0.25, 0.3) is 0 Å². The van der Waals surface area contributed by atoms with Gasteiger partial charge in [0.25, 0.3) is 0 Å². The Labute approximate surface area is 189 Å². The van der Waals surface area contributed by atoms with Gasteiger partial charge in [0, 0.05) is 23.6 Å². The Morgan fingerprint density at radius 1 is 0.968 bits per heavy atom. The van der Waals surface area contributed by atoms with Gasteiger partial charge in [-0.2, -0.15) is 0 Å². The van der Waals surface area contributed by atoms with Gasteiger partial charge in [-0.15, -0.1) is 0 Å². The molecule has 0 bridgehead atoms. The monoisotopic (exact) mass is 431 g/mol. The van der Waals surface area contributed by atoms with Gasteiger partial charge in [-0.05, 0) is 63.0 Å². The summed E-state index contributed by atoms with van der Waals surface area (Å²) in [6.07, 6.45) is 2.58. The summed E-state index contributed by atoms with van der Waals surface area (Å²) in [6.45, 7) is 16.5. The zero-order valence-electron chi connectivity index (χ0n) is 20.5. The number of rotatable bonds is 5. The Kier molecular flexibility index (Phi) is 15.3. The van der Waals surface area contributed by atoms with Gasteiger partial charge in [-0.1, -0.05) is 65.8 Å². The van der Waals surface area contributed by atoms with Crippen molar-refractivity contribution in [3.63, 3.8) is 0 Å². The third-order valence-corrected chi connectivity index (χ3v) is 5.16. The van der Waals surface area contributed by atoms with Crippen molar-refractivity contribution in [3.8, 4) is 5.75 Å². The molecule has 0 aromatic heterocycles. The van der Waals surface area contributed by atoms with Crippen LogP contribution in [0.5, 0.6) is 5.75 Å². The number of aromatic hydroxyl groups is 1. The van der Waals surface area contributed by atoms with Crippen molar-refractivity contribution in [2.24, 2.45) is 5.92 Å². The lowest BCUT2D eigenvalue weighted by molar-refractivity contribution is 0.0840. The third-order valence-electron chi connectivity index (χ3n) is 5.16. The molecule has 2 aromatic rings. The Bertz CT molecular complexity index is 735. The number of piperidine rings is 1. The molecule has 0 amide bonds. The van der Waals surface area contributed by atoms with Crippen LogP contribution >= 0.6 is 0 Å². The number of ketones is 1. The molecule has 31 heavy (non-hydrogen) atoms. The molecular weight excluding hydrogens is 389 g/mol. The lowest BCUT2D eigenvalue weighted by Gasteiger charge is -2.31. The molecule has 174 valence electrons. The van der Waals surface area contributed by atoms with E-state index < -0.39 is 0 Å². The number of phenolic OH excluding ortho intramolecular Hbond substituents is 1. The second kappa shape index (κ2) is 16.5. The largest absolute Gasteiger partial charge is 0.508 e. The predicted molar refractivity (Wildman–Crippen MR) is 130 cm³/mol. The van der Waals surface area contributed by atoms with Gasteiger partial charge in [0.1, 0.15) is 11.6 Å². The zero-order chi connectivity index (χ0) is 23.8. The maximum Gasteiger partial charge on any atom is 0.166 e. The van der Waals surface area contributed by atoms with Crippen molar-refractivity contribution in [2.75, 3.05) is 19.6 Å². The van der Waals surface area contributed by atoms with E-state index in [1.165, 1.54) is 12.1 Å². The quantitative estimate of drug-likeness (QED) is 0.515. The molecular formula is C27H42FNO2. The van der Waals surface area contributed by atoms with E-state index >= 15 is 0 Å². The standard InChI is InChI=1S/C21H24FNO2.3C2H6/c1-15-19(3-2-4-20(15)24)21(25)17-10-13-23(14-11-17)12-9-16-5-7-18(22)8-6-16;3*1-2/h2-8,17,24H,9-14H2,1H3;3*1-2H3. The maximum absolute atomic E-state index is 12.9. The number of hydrogen-bond donors (Lipinski definition) is 1. The maximum atomic E-state index is 12.9. The molecule has 0 radical (unpaired) electrons. The molecule has 1 heterocycles. The van der Waals surface area contributed by atoms with E-state index in [9.17, 15) is 14.3 Å². The molecule has 0 saturated carbocycles. The molecule has 0 spiro atoms. The highest BCUT2D eigenvalue weighted by Gasteiger charge is 2.26. The second-order valence-electron chi connectivity index (χ2n) is 6.81. The molecule has 3 rings (SSSR count). The molecule has 1 aliphatic heterocycles. The predicted octanol–water partition coefficient (Wildman–Crippen LogP) is 7.06. The Morgan fingerprint density at radius 2 is 1.52 bits per heavy atom. The van der Waals surface area contributed by atoms with Gasteiger partial charge in [-0.25, -0.2) is 4.39 Å². The van der Waals surface area contributed by atoms with Crippen LogP contribution in [-0.4, -0.2) is 35.4 Å². The van der Waals surface area contributed by atoms with E-state index in [0.29, 0.717) is 11.1 Å². The summed E-state index contributed by atoms with van der Waals surface area (Å²) in [5.74, 6) is 0.155. The SMILES string of the molecule is CC.CC.CC.Cc1c(O)cccc1C(=O)C1CCN(CCc2ccc(F)cc2)CC1. The molecule has 1 saturated heterocycles. The number of carbonyl (C=O) groups excluding carboxylic acids is 1. The fraction of sp³-hybridized carbons (Fsp3) is 0.519. The smallest absolute Gasteiger partial charge is 0.166 e. The van der Waals surface area contributed by atoms with Crippen molar-refractivity contribution in [3.05, 3.63) is 65.0 Å².